The van der Waals surface area contributed by atoms with E-state index in [4.69, 9.17) is 18.6 Å². The number of ketones is 1. The standard InChI is InChI=1S/C26H28O10/c1-14-9-18(28)24(17(27)5-3-15-4-6-20-16(11-15)7-8-33-20)21(10-14)35-23-12-19(29)25(30)22(36-23)13-34-26(31)32-2/h4,6-11,19,22-23,25,28-30H,3,5,12-13H2,1-2H3/t19?,22?,23?,25-/m0/s1. The minimum absolute atomic E-state index is 0.00318. The molecule has 10 nitrogen and oxygen atoms in total. The zero-order chi connectivity index (χ0) is 25.8. The lowest BCUT2D eigenvalue weighted by molar-refractivity contribution is -0.230. The second-order valence-electron chi connectivity index (χ2n) is 8.65. The van der Waals surface area contributed by atoms with Gasteiger partial charge in [-0.15, -0.1) is 0 Å². The van der Waals surface area contributed by atoms with Gasteiger partial charge in [0, 0.05) is 18.2 Å². The summed E-state index contributed by atoms with van der Waals surface area (Å²) in [6.07, 6.45) is -3.65. The first kappa shape index (κ1) is 25.5. The molecule has 1 saturated heterocycles. The summed E-state index contributed by atoms with van der Waals surface area (Å²) in [4.78, 5) is 24.4. The molecule has 3 aromatic rings. The van der Waals surface area contributed by atoms with Crippen LogP contribution in [0.1, 0.15) is 34.3 Å². The number of rotatable bonds is 8. The summed E-state index contributed by atoms with van der Waals surface area (Å²) in [6.45, 7) is 1.35. The number of fused-ring (bicyclic) bond motifs is 1. The van der Waals surface area contributed by atoms with Crippen LogP contribution in [0, 0.1) is 6.92 Å². The molecule has 0 saturated carbocycles. The SMILES string of the molecule is COC(=O)OCC1OC(Oc2cc(C)cc(O)c2C(=O)CCc2ccc3occc3c2)CC(O)[C@@H]1O. The van der Waals surface area contributed by atoms with Gasteiger partial charge in [-0.05, 0) is 54.8 Å². The molecule has 3 N–H and O–H groups in total. The van der Waals surface area contributed by atoms with Gasteiger partial charge in [0.2, 0.25) is 6.29 Å². The van der Waals surface area contributed by atoms with E-state index in [2.05, 4.69) is 4.74 Å². The van der Waals surface area contributed by atoms with E-state index in [-0.39, 0.29) is 42.3 Å². The minimum atomic E-state index is -1.32. The van der Waals surface area contributed by atoms with Crippen LogP contribution in [0.3, 0.4) is 0 Å². The second-order valence-corrected chi connectivity index (χ2v) is 8.65. The molecule has 1 fully saturated rings. The predicted octanol–water partition coefficient (Wildman–Crippen LogP) is 3.26. The van der Waals surface area contributed by atoms with Gasteiger partial charge in [0.05, 0.1) is 19.5 Å². The smallest absolute Gasteiger partial charge is 0.507 e. The van der Waals surface area contributed by atoms with Gasteiger partial charge in [0.1, 0.15) is 41.5 Å². The lowest BCUT2D eigenvalue weighted by Gasteiger charge is -2.36. The van der Waals surface area contributed by atoms with Gasteiger partial charge in [-0.1, -0.05) is 6.07 Å². The van der Waals surface area contributed by atoms with Crippen molar-refractivity contribution in [1.82, 2.24) is 0 Å². The van der Waals surface area contributed by atoms with Gasteiger partial charge in [-0.2, -0.15) is 0 Å². The van der Waals surface area contributed by atoms with Crippen LogP contribution in [0.15, 0.2) is 47.1 Å². The lowest BCUT2D eigenvalue weighted by Crippen LogP contribution is -2.51. The molecule has 10 heteroatoms. The van der Waals surface area contributed by atoms with E-state index >= 15 is 0 Å². The Balaban J connectivity index is 1.48. The van der Waals surface area contributed by atoms with Crippen LogP contribution in [0.5, 0.6) is 11.5 Å². The Bertz CT molecular complexity index is 1230. The van der Waals surface area contributed by atoms with Crippen LogP contribution < -0.4 is 4.74 Å². The van der Waals surface area contributed by atoms with Crippen molar-refractivity contribution in [1.29, 1.82) is 0 Å². The molecular formula is C26H28O10. The lowest BCUT2D eigenvalue weighted by atomic mass is 9.99. The molecule has 3 unspecified atom stereocenters. The summed E-state index contributed by atoms with van der Waals surface area (Å²) in [6, 6.07) is 10.6. The van der Waals surface area contributed by atoms with Gasteiger partial charge in [-0.25, -0.2) is 4.79 Å². The third-order valence-corrected chi connectivity index (χ3v) is 5.99. The number of hydrogen-bond acceptors (Lipinski definition) is 10. The molecule has 4 atom stereocenters. The largest absolute Gasteiger partial charge is 0.508 e. The summed E-state index contributed by atoms with van der Waals surface area (Å²) in [5, 5.41) is 32.0. The number of ether oxygens (including phenoxy) is 4. The monoisotopic (exact) mass is 500 g/mol. The number of aromatic hydroxyl groups is 1. The van der Waals surface area contributed by atoms with Gasteiger partial charge in [0.25, 0.3) is 0 Å². The highest BCUT2D eigenvalue weighted by atomic mass is 16.7. The number of carbonyl (C=O) groups excluding carboxylic acids is 2. The van der Waals surface area contributed by atoms with E-state index in [1.54, 1.807) is 19.3 Å². The summed E-state index contributed by atoms with van der Waals surface area (Å²) in [5.74, 6) is -0.483. The normalized spacial score (nSPS) is 21.8. The molecule has 4 rings (SSSR count). The number of aliphatic hydroxyl groups is 2. The van der Waals surface area contributed by atoms with Crippen LogP contribution in [0.2, 0.25) is 0 Å². The molecular weight excluding hydrogens is 472 g/mol. The number of carbonyl (C=O) groups is 2. The molecule has 36 heavy (non-hydrogen) atoms. The van der Waals surface area contributed by atoms with Crippen LogP contribution >= 0.6 is 0 Å². The molecule has 192 valence electrons. The molecule has 1 aliphatic heterocycles. The number of phenolic OH excluding ortho intramolecular Hbond substituents is 1. The van der Waals surface area contributed by atoms with Crippen LogP contribution in [0.4, 0.5) is 4.79 Å². The molecule has 2 aromatic carbocycles. The molecule has 0 amide bonds. The molecule has 0 bridgehead atoms. The Kier molecular flexibility index (Phi) is 7.78. The zero-order valence-corrected chi connectivity index (χ0v) is 19.9. The van der Waals surface area contributed by atoms with E-state index < -0.39 is 30.8 Å². The van der Waals surface area contributed by atoms with Crippen molar-refractivity contribution in [3.8, 4) is 11.5 Å². The quantitative estimate of drug-likeness (QED) is 0.311. The zero-order valence-electron chi connectivity index (χ0n) is 19.9. The van der Waals surface area contributed by atoms with Crippen molar-refractivity contribution in [3.05, 3.63) is 59.4 Å². The number of aryl methyl sites for hydroxylation is 2. The van der Waals surface area contributed by atoms with Gasteiger partial charge in [-0.3, -0.25) is 4.79 Å². The number of methoxy groups -OCH3 is 1. The topological polar surface area (TPSA) is 145 Å². The first-order valence-corrected chi connectivity index (χ1v) is 11.5. The Labute approximate surface area is 206 Å². The first-order valence-electron chi connectivity index (χ1n) is 11.5. The van der Waals surface area contributed by atoms with Crippen molar-refractivity contribution in [2.24, 2.45) is 0 Å². The van der Waals surface area contributed by atoms with E-state index in [9.17, 15) is 24.9 Å². The third-order valence-electron chi connectivity index (χ3n) is 5.99. The first-order chi connectivity index (χ1) is 17.2. The molecule has 0 radical (unpaired) electrons. The molecule has 1 aliphatic rings. The number of Topliss-reactive ketones (excluding diaryl/α,β-unsaturated/α-hetero) is 1. The Morgan fingerprint density at radius 1 is 1.14 bits per heavy atom. The average Bonchev–Trinajstić information content (AvgIpc) is 3.31. The fraction of sp³-hybridized carbons (Fsp3) is 0.385. The minimum Gasteiger partial charge on any atom is -0.507 e. The molecule has 0 spiro atoms. The number of benzene rings is 2. The van der Waals surface area contributed by atoms with Crippen LogP contribution in [-0.2, 0) is 20.6 Å². The summed E-state index contributed by atoms with van der Waals surface area (Å²) < 4.78 is 26.1. The number of furan rings is 1. The number of aliphatic hydroxyl groups excluding tert-OH is 2. The van der Waals surface area contributed by atoms with Crippen LogP contribution in [-0.4, -0.2) is 65.6 Å². The maximum atomic E-state index is 13.2. The Morgan fingerprint density at radius 2 is 1.94 bits per heavy atom. The average molecular weight is 501 g/mol. The van der Waals surface area contributed by atoms with E-state index in [1.165, 1.54) is 6.07 Å². The fourth-order valence-corrected chi connectivity index (χ4v) is 4.14. The second kappa shape index (κ2) is 11.0. The van der Waals surface area contributed by atoms with Crippen molar-refractivity contribution in [2.45, 2.75) is 50.8 Å². The number of phenols is 1. The maximum absolute atomic E-state index is 13.2. The predicted molar refractivity (Wildman–Crippen MR) is 126 cm³/mol. The fourth-order valence-electron chi connectivity index (χ4n) is 4.14. The summed E-state index contributed by atoms with van der Waals surface area (Å²) in [7, 11) is 1.14. The van der Waals surface area contributed by atoms with E-state index in [0.717, 1.165) is 23.6 Å². The highest BCUT2D eigenvalue weighted by Crippen LogP contribution is 2.34. The van der Waals surface area contributed by atoms with Crippen molar-refractivity contribution >= 4 is 22.9 Å². The highest BCUT2D eigenvalue weighted by molar-refractivity contribution is 6.01. The van der Waals surface area contributed by atoms with Crippen LogP contribution in [0.25, 0.3) is 11.0 Å². The molecule has 1 aromatic heterocycles. The maximum Gasteiger partial charge on any atom is 0.508 e. The summed E-state index contributed by atoms with van der Waals surface area (Å²) >= 11 is 0. The van der Waals surface area contributed by atoms with E-state index in [0.29, 0.717) is 12.0 Å². The molecule has 2 heterocycles. The van der Waals surface area contributed by atoms with Crippen molar-refractivity contribution in [3.63, 3.8) is 0 Å². The van der Waals surface area contributed by atoms with Crippen molar-refractivity contribution in [2.75, 3.05) is 13.7 Å². The Hall–Kier alpha value is -3.60. The summed E-state index contributed by atoms with van der Waals surface area (Å²) in [5.41, 5.74) is 2.34. The highest BCUT2D eigenvalue weighted by Gasteiger charge is 2.39. The Morgan fingerprint density at radius 3 is 2.72 bits per heavy atom. The van der Waals surface area contributed by atoms with Gasteiger partial charge < -0.3 is 38.7 Å². The number of hydrogen-bond donors (Lipinski definition) is 3. The van der Waals surface area contributed by atoms with Gasteiger partial charge >= 0.3 is 6.16 Å². The van der Waals surface area contributed by atoms with Crippen molar-refractivity contribution < 1.29 is 48.3 Å². The third kappa shape index (κ3) is 5.78. The van der Waals surface area contributed by atoms with Gasteiger partial charge in [0.15, 0.2) is 5.78 Å². The molecule has 0 aliphatic carbocycles. The van der Waals surface area contributed by atoms with E-state index in [1.807, 2.05) is 24.3 Å².